The third-order valence-electron chi connectivity index (χ3n) is 3.05. The van der Waals surface area contributed by atoms with Gasteiger partial charge in [0.05, 0.1) is 12.9 Å². The summed E-state index contributed by atoms with van der Waals surface area (Å²) in [4.78, 5) is 7.53. The van der Waals surface area contributed by atoms with Gasteiger partial charge in [0.2, 0.25) is 12.1 Å². The number of rotatable bonds is 6. The number of hydrogen-bond acceptors (Lipinski definition) is 5. The highest BCUT2D eigenvalue weighted by atomic mass is 19.1. The monoisotopic (exact) mass is 298 g/mol. The largest absolute Gasteiger partial charge is 0.449 e. The molecular weight excluding hydrogens is 282 g/mol. The lowest BCUT2D eigenvalue weighted by molar-refractivity contribution is -0.0874. The average molecular weight is 298 g/mol. The molecule has 2 atom stereocenters. The van der Waals surface area contributed by atoms with Crippen molar-refractivity contribution in [3.63, 3.8) is 0 Å². The minimum atomic E-state index is -1.21. The second-order valence-electron chi connectivity index (χ2n) is 5.27. The smallest absolute Gasteiger partial charge is 0.221 e. The van der Waals surface area contributed by atoms with E-state index in [1.165, 1.54) is 29.5 Å². The third kappa shape index (κ3) is 3.52. The molecule has 0 radical (unpaired) electrons. The Morgan fingerprint density at radius 2 is 2.19 bits per heavy atom. The molecule has 0 aliphatic rings. The molecule has 21 heavy (non-hydrogen) atoms. The minimum absolute atomic E-state index is 0.0885. The number of alkyl halides is 1. The van der Waals surface area contributed by atoms with Gasteiger partial charge in [0.15, 0.2) is 0 Å². The van der Waals surface area contributed by atoms with Crippen LogP contribution in [-0.4, -0.2) is 37.6 Å². The van der Waals surface area contributed by atoms with Crippen molar-refractivity contribution in [1.82, 2.24) is 19.7 Å². The van der Waals surface area contributed by atoms with Gasteiger partial charge in [-0.05, 0) is 6.07 Å². The first kappa shape index (κ1) is 15.3. The van der Waals surface area contributed by atoms with Crippen LogP contribution in [0.15, 0.2) is 31.0 Å². The van der Waals surface area contributed by atoms with Gasteiger partial charge in [-0.2, -0.15) is 5.10 Å². The first-order valence-corrected chi connectivity index (χ1v) is 6.30. The van der Waals surface area contributed by atoms with Crippen LogP contribution < -0.4 is 4.74 Å². The highest BCUT2D eigenvalue weighted by molar-refractivity contribution is 5.11. The van der Waals surface area contributed by atoms with Crippen LogP contribution in [0.25, 0.3) is 0 Å². The highest BCUT2D eigenvalue weighted by Crippen LogP contribution is 2.30. The molecular formula is C13H16F2N4O2. The predicted octanol–water partition coefficient (Wildman–Crippen LogP) is 1.75. The number of hydrogen-bond donors (Lipinski definition) is 1. The van der Waals surface area contributed by atoms with Gasteiger partial charge in [0.25, 0.3) is 0 Å². The summed E-state index contributed by atoms with van der Waals surface area (Å²) < 4.78 is 32.7. The molecule has 0 bridgehead atoms. The van der Waals surface area contributed by atoms with Crippen molar-refractivity contribution in [2.24, 2.45) is 5.41 Å². The van der Waals surface area contributed by atoms with E-state index in [1.807, 2.05) is 0 Å². The van der Waals surface area contributed by atoms with Crippen molar-refractivity contribution in [1.29, 1.82) is 0 Å². The molecule has 0 saturated carbocycles. The number of aliphatic hydroxyl groups is 1. The first-order valence-electron chi connectivity index (χ1n) is 6.30. The van der Waals surface area contributed by atoms with Gasteiger partial charge in [-0.1, -0.05) is 13.8 Å². The van der Waals surface area contributed by atoms with Gasteiger partial charge in [-0.25, -0.2) is 19.0 Å². The number of aromatic nitrogens is 4. The van der Waals surface area contributed by atoms with Crippen molar-refractivity contribution in [2.75, 3.05) is 6.67 Å². The Labute approximate surface area is 120 Å². The highest BCUT2D eigenvalue weighted by Gasteiger charge is 2.37. The lowest BCUT2D eigenvalue weighted by atomic mass is 9.87. The Bertz CT molecular complexity index is 560. The molecule has 0 aromatic carbocycles. The Morgan fingerprint density at radius 1 is 1.43 bits per heavy atom. The lowest BCUT2D eigenvalue weighted by Crippen LogP contribution is -2.41. The molecule has 6 nitrogen and oxygen atoms in total. The van der Waals surface area contributed by atoms with E-state index in [9.17, 15) is 13.9 Å². The fourth-order valence-electron chi connectivity index (χ4n) is 1.63. The number of ether oxygens (including phenoxy) is 1. The van der Waals surface area contributed by atoms with Crippen LogP contribution in [0, 0.1) is 11.2 Å². The topological polar surface area (TPSA) is 73.1 Å². The zero-order valence-electron chi connectivity index (χ0n) is 11.6. The van der Waals surface area contributed by atoms with Crippen molar-refractivity contribution < 1.29 is 18.6 Å². The van der Waals surface area contributed by atoms with Crippen LogP contribution >= 0.6 is 0 Å². The summed E-state index contributed by atoms with van der Waals surface area (Å²) in [5.74, 6) is -0.421. The molecule has 0 fully saturated rings. The third-order valence-corrected chi connectivity index (χ3v) is 3.05. The molecule has 2 aromatic rings. The number of pyridine rings is 1. The van der Waals surface area contributed by atoms with E-state index in [-0.39, 0.29) is 5.88 Å². The summed E-state index contributed by atoms with van der Waals surface area (Å²) >= 11 is 0. The number of halogens is 2. The number of nitrogens with zero attached hydrogens (tertiary/aromatic N) is 4. The van der Waals surface area contributed by atoms with Crippen LogP contribution in [0.5, 0.6) is 5.88 Å². The summed E-state index contributed by atoms with van der Waals surface area (Å²) in [7, 11) is 0. The summed E-state index contributed by atoms with van der Waals surface area (Å²) in [6, 6.07) is 2.49. The second-order valence-corrected chi connectivity index (χ2v) is 5.27. The molecule has 2 unspecified atom stereocenters. The molecule has 2 aromatic heterocycles. The first-order chi connectivity index (χ1) is 9.94. The Kier molecular flexibility index (Phi) is 4.46. The maximum atomic E-state index is 13.1. The SMILES string of the molecule is CC(C)(CF)C(O)C(Oc1ccc(F)cn1)n1cncn1. The molecule has 2 heterocycles. The zero-order valence-corrected chi connectivity index (χ0v) is 11.6. The standard InChI is InChI=1S/C13H16F2N4O2/c1-13(2,6-14)11(20)12(19-8-16-7-18-19)21-10-4-3-9(15)5-17-10/h3-5,7-8,11-12,20H,6H2,1-2H3. The quantitative estimate of drug-likeness (QED) is 0.879. The predicted molar refractivity (Wildman–Crippen MR) is 69.6 cm³/mol. The molecule has 1 N–H and O–H groups in total. The lowest BCUT2D eigenvalue weighted by Gasteiger charge is -2.33. The van der Waals surface area contributed by atoms with Gasteiger partial charge in [-0.3, -0.25) is 4.39 Å². The van der Waals surface area contributed by atoms with Crippen LogP contribution in [-0.2, 0) is 0 Å². The van der Waals surface area contributed by atoms with Gasteiger partial charge in [-0.15, -0.1) is 0 Å². The normalized spacial score (nSPS) is 14.7. The number of aliphatic hydroxyl groups excluding tert-OH is 1. The second kappa shape index (κ2) is 6.13. The maximum Gasteiger partial charge on any atom is 0.221 e. The van der Waals surface area contributed by atoms with Crippen molar-refractivity contribution >= 4 is 0 Å². The van der Waals surface area contributed by atoms with Gasteiger partial charge >= 0.3 is 0 Å². The van der Waals surface area contributed by atoms with Crippen LogP contribution in [0.1, 0.15) is 20.1 Å². The van der Waals surface area contributed by atoms with Gasteiger partial charge < -0.3 is 9.84 Å². The van der Waals surface area contributed by atoms with Crippen LogP contribution in [0.2, 0.25) is 0 Å². The van der Waals surface area contributed by atoms with E-state index in [4.69, 9.17) is 4.74 Å². The Hall–Kier alpha value is -2.09. The molecule has 0 spiro atoms. The molecule has 0 saturated heterocycles. The van der Waals surface area contributed by atoms with E-state index in [2.05, 4.69) is 15.1 Å². The molecule has 114 valence electrons. The summed E-state index contributed by atoms with van der Waals surface area (Å²) in [5, 5.41) is 14.3. The zero-order chi connectivity index (χ0) is 15.5. The maximum absolute atomic E-state index is 13.1. The van der Waals surface area contributed by atoms with E-state index in [0.29, 0.717) is 0 Å². The van der Waals surface area contributed by atoms with E-state index in [0.717, 1.165) is 6.20 Å². The summed E-state index contributed by atoms with van der Waals surface area (Å²) in [6.07, 6.45) is 1.35. The average Bonchev–Trinajstić information content (AvgIpc) is 3.00. The molecule has 8 heteroatoms. The van der Waals surface area contributed by atoms with Crippen LogP contribution in [0.3, 0.4) is 0 Å². The molecule has 2 rings (SSSR count). The van der Waals surface area contributed by atoms with E-state index in [1.54, 1.807) is 13.8 Å². The molecule has 0 aliphatic carbocycles. The summed E-state index contributed by atoms with van der Waals surface area (Å²) in [6.45, 7) is 2.37. The fourth-order valence-corrected chi connectivity index (χ4v) is 1.63. The summed E-state index contributed by atoms with van der Waals surface area (Å²) in [5.41, 5.74) is -1.06. The van der Waals surface area contributed by atoms with E-state index < -0.39 is 30.2 Å². The Morgan fingerprint density at radius 3 is 2.71 bits per heavy atom. The van der Waals surface area contributed by atoms with Crippen molar-refractivity contribution in [3.8, 4) is 5.88 Å². The molecule has 0 aliphatic heterocycles. The van der Waals surface area contributed by atoms with Crippen LogP contribution in [0.4, 0.5) is 8.78 Å². The van der Waals surface area contributed by atoms with Gasteiger partial charge in [0.1, 0.15) is 24.6 Å². The van der Waals surface area contributed by atoms with E-state index >= 15 is 0 Å². The minimum Gasteiger partial charge on any atom is -0.449 e. The van der Waals surface area contributed by atoms with Crippen molar-refractivity contribution in [3.05, 3.63) is 36.8 Å². The Balaban J connectivity index is 2.27. The van der Waals surface area contributed by atoms with Gasteiger partial charge in [0, 0.05) is 11.5 Å². The molecule has 0 amide bonds. The van der Waals surface area contributed by atoms with Crippen molar-refractivity contribution in [2.45, 2.75) is 26.2 Å². The fraction of sp³-hybridized carbons (Fsp3) is 0.462.